The third kappa shape index (κ3) is 4.91. The molecule has 0 unspecified atom stereocenters. The number of aromatic nitrogens is 5. The van der Waals surface area contributed by atoms with Gasteiger partial charge in [0.1, 0.15) is 0 Å². The van der Waals surface area contributed by atoms with Crippen LogP contribution in [0, 0.1) is 0 Å². The number of nitrogens with one attached hydrogen (secondary N) is 1. The highest BCUT2D eigenvalue weighted by atomic mass is 32.2. The summed E-state index contributed by atoms with van der Waals surface area (Å²) < 4.78 is 1.71. The molecule has 0 spiro atoms. The van der Waals surface area contributed by atoms with Gasteiger partial charge in [0, 0.05) is 35.0 Å². The fraction of sp³-hybridized carbons (Fsp3) is 0.0800. The molecule has 0 saturated carbocycles. The molecule has 3 aromatic heterocycles. The zero-order valence-corrected chi connectivity index (χ0v) is 18.4. The molecule has 8 heteroatoms. The van der Waals surface area contributed by atoms with Crippen LogP contribution in [0.15, 0.2) is 91.3 Å². The molecule has 0 radical (unpaired) electrons. The SMILES string of the molecule is O=C(CSCc1ccccc1)Nc1cccc(-c2ccc3nnc(-c4cccnc4)n3n2)c1. The van der Waals surface area contributed by atoms with Crippen LogP contribution in [0.25, 0.3) is 28.3 Å². The maximum absolute atomic E-state index is 12.4. The van der Waals surface area contributed by atoms with Gasteiger partial charge in [0.15, 0.2) is 11.5 Å². The first-order valence-corrected chi connectivity index (χ1v) is 11.6. The van der Waals surface area contributed by atoms with Crippen LogP contribution < -0.4 is 5.32 Å². The monoisotopic (exact) mass is 452 g/mol. The van der Waals surface area contributed by atoms with E-state index in [9.17, 15) is 4.79 Å². The number of pyridine rings is 1. The molecule has 2 aromatic carbocycles. The first kappa shape index (κ1) is 20.8. The number of rotatable bonds is 7. The maximum Gasteiger partial charge on any atom is 0.234 e. The Kier molecular flexibility index (Phi) is 6.08. The number of thioether (sulfide) groups is 1. The summed E-state index contributed by atoms with van der Waals surface area (Å²) in [6.07, 6.45) is 3.45. The third-order valence-electron chi connectivity index (χ3n) is 4.97. The van der Waals surface area contributed by atoms with E-state index in [1.165, 1.54) is 5.56 Å². The van der Waals surface area contributed by atoms with Crippen LogP contribution in [0.3, 0.4) is 0 Å². The van der Waals surface area contributed by atoms with E-state index < -0.39 is 0 Å². The fourth-order valence-corrected chi connectivity index (χ4v) is 4.19. The highest BCUT2D eigenvalue weighted by Gasteiger charge is 2.11. The van der Waals surface area contributed by atoms with Crippen molar-refractivity contribution in [3.05, 3.63) is 96.8 Å². The molecule has 0 aliphatic rings. The molecule has 0 aliphatic heterocycles. The Labute approximate surface area is 194 Å². The molecule has 33 heavy (non-hydrogen) atoms. The van der Waals surface area contributed by atoms with Gasteiger partial charge >= 0.3 is 0 Å². The molecule has 1 N–H and O–H groups in total. The molecule has 0 bridgehead atoms. The molecule has 0 fully saturated rings. The average Bonchev–Trinajstić information content (AvgIpc) is 3.29. The first-order chi connectivity index (χ1) is 16.3. The summed E-state index contributed by atoms with van der Waals surface area (Å²) in [6.45, 7) is 0. The number of nitrogens with zero attached hydrogens (tertiary/aromatic N) is 5. The summed E-state index contributed by atoms with van der Waals surface area (Å²) in [7, 11) is 0. The van der Waals surface area contributed by atoms with Crippen molar-refractivity contribution < 1.29 is 4.79 Å². The van der Waals surface area contributed by atoms with Crippen LogP contribution >= 0.6 is 11.8 Å². The van der Waals surface area contributed by atoms with Gasteiger partial charge in [0.05, 0.1) is 11.4 Å². The number of anilines is 1. The third-order valence-corrected chi connectivity index (χ3v) is 5.97. The summed E-state index contributed by atoms with van der Waals surface area (Å²) in [4.78, 5) is 16.6. The topological polar surface area (TPSA) is 85.1 Å². The highest BCUT2D eigenvalue weighted by Crippen LogP contribution is 2.23. The molecule has 5 aromatic rings. The van der Waals surface area contributed by atoms with Crippen molar-refractivity contribution in [3.8, 4) is 22.6 Å². The van der Waals surface area contributed by atoms with Gasteiger partial charge in [-0.25, -0.2) is 0 Å². The molecule has 0 saturated heterocycles. The number of carbonyl (C=O) groups is 1. The van der Waals surface area contributed by atoms with E-state index in [0.29, 0.717) is 17.2 Å². The van der Waals surface area contributed by atoms with Crippen molar-refractivity contribution >= 4 is 29.0 Å². The molecule has 7 nitrogen and oxygen atoms in total. The molecule has 0 atom stereocenters. The number of fused-ring (bicyclic) bond motifs is 1. The van der Waals surface area contributed by atoms with E-state index >= 15 is 0 Å². The van der Waals surface area contributed by atoms with Gasteiger partial charge < -0.3 is 5.32 Å². The lowest BCUT2D eigenvalue weighted by molar-refractivity contribution is -0.113. The van der Waals surface area contributed by atoms with Gasteiger partial charge in [-0.1, -0.05) is 42.5 Å². The van der Waals surface area contributed by atoms with Crippen molar-refractivity contribution in [2.24, 2.45) is 0 Å². The normalized spacial score (nSPS) is 10.9. The van der Waals surface area contributed by atoms with E-state index in [1.807, 2.05) is 66.7 Å². The van der Waals surface area contributed by atoms with Crippen LogP contribution in [-0.2, 0) is 10.5 Å². The quantitative estimate of drug-likeness (QED) is 0.384. The van der Waals surface area contributed by atoms with Crippen LogP contribution in [-0.4, -0.2) is 36.5 Å². The summed E-state index contributed by atoms with van der Waals surface area (Å²) in [5, 5.41) is 16.2. The van der Waals surface area contributed by atoms with Crippen molar-refractivity contribution in [3.63, 3.8) is 0 Å². The molecular formula is C25H20N6OS. The molecule has 5 rings (SSSR count). The molecule has 162 valence electrons. The largest absolute Gasteiger partial charge is 0.325 e. The van der Waals surface area contributed by atoms with Crippen LogP contribution in [0.1, 0.15) is 5.56 Å². The van der Waals surface area contributed by atoms with Crippen LogP contribution in [0.2, 0.25) is 0 Å². The predicted molar refractivity (Wildman–Crippen MR) is 131 cm³/mol. The van der Waals surface area contributed by atoms with Gasteiger partial charge in [-0.2, -0.15) is 9.61 Å². The Morgan fingerprint density at radius 1 is 0.909 bits per heavy atom. The van der Waals surface area contributed by atoms with Crippen molar-refractivity contribution in [1.29, 1.82) is 0 Å². The van der Waals surface area contributed by atoms with E-state index in [2.05, 4.69) is 32.6 Å². The average molecular weight is 453 g/mol. The zero-order valence-electron chi connectivity index (χ0n) is 17.6. The number of benzene rings is 2. The molecule has 0 aliphatic carbocycles. The summed E-state index contributed by atoms with van der Waals surface area (Å²) in [5.41, 5.74) is 5.06. The standard InChI is InChI=1S/C25H20N6OS/c32-24(17-33-16-18-6-2-1-3-7-18)27-21-10-4-8-19(14-21)22-11-12-23-28-29-25(31(23)30-22)20-9-5-13-26-15-20/h1-15H,16-17H2,(H,27,32). The summed E-state index contributed by atoms with van der Waals surface area (Å²) in [6, 6.07) is 25.3. The Hall–Kier alpha value is -4.04. The minimum atomic E-state index is -0.0332. The lowest BCUT2D eigenvalue weighted by Gasteiger charge is -2.08. The van der Waals surface area contributed by atoms with Gasteiger partial charge in [0.2, 0.25) is 5.91 Å². The summed E-state index contributed by atoms with van der Waals surface area (Å²) >= 11 is 1.59. The Morgan fingerprint density at radius 2 is 1.79 bits per heavy atom. The minimum Gasteiger partial charge on any atom is -0.325 e. The molecular weight excluding hydrogens is 432 g/mol. The van der Waals surface area contributed by atoms with Gasteiger partial charge in [-0.3, -0.25) is 9.78 Å². The van der Waals surface area contributed by atoms with E-state index in [1.54, 1.807) is 28.7 Å². The second kappa shape index (κ2) is 9.62. The van der Waals surface area contributed by atoms with Gasteiger partial charge in [-0.15, -0.1) is 22.0 Å². The molecule has 1 amide bonds. The van der Waals surface area contributed by atoms with Crippen molar-refractivity contribution in [2.75, 3.05) is 11.1 Å². The van der Waals surface area contributed by atoms with E-state index in [-0.39, 0.29) is 5.91 Å². The number of hydrogen-bond acceptors (Lipinski definition) is 6. The number of carbonyl (C=O) groups excluding carboxylic acids is 1. The fourth-order valence-electron chi connectivity index (χ4n) is 3.41. The van der Waals surface area contributed by atoms with E-state index in [4.69, 9.17) is 5.10 Å². The second-order valence-electron chi connectivity index (χ2n) is 7.36. The van der Waals surface area contributed by atoms with Crippen LogP contribution in [0.5, 0.6) is 0 Å². The van der Waals surface area contributed by atoms with Crippen molar-refractivity contribution in [1.82, 2.24) is 24.8 Å². The Balaban J connectivity index is 1.31. The first-order valence-electron chi connectivity index (χ1n) is 10.4. The van der Waals surface area contributed by atoms with Gasteiger partial charge in [0.25, 0.3) is 0 Å². The summed E-state index contributed by atoms with van der Waals surface area (Å²) in [5.74, 6) is 1.78. The Morgan fingerprint density at radius 3 is 2.64 bits per heavy atom. The lowest BCUT2D eigenvalue weighted by Crippen LogP contribution is -2.14. The smallest absolute Gasteiger partial charge is 0.234 e. The maximum atomic E-state index is 12.4. The second-order valence-corrected chi connectivity index (χ2v) is 8.35. The lowest BCUT2D eigenvalue weighted by atomic mass is 10.1. The van der Waals surface area contributed by atoms with E-state index in [0.717, 1.165) is 28.3 Å². The van der Waals surface area contributed by atoms with Gasteiger partial charge in [-0.05, 0) is 42.0 Å². The minimum absolute atomic E-state index is 0.0332. The predicted octanol–water partition coefficient (Wildman–Crippen LogP) is 4.73. The number of hydrogen-bond donors (Lipinski definition) is 1. The Bertz CT molecular complexity index is 1390. The molecule has 3 heterocycles. The van der Waals surface area contributed by atoms with Crippen molar-refractivity contribution in [2.45, 2.75) is 5.75 Å². The highest BCUT2D eigenvalue weighted by molar-refractivity contribution is 7.99. The zero-order chi connectivity index (χ0) is 22.5. The van der Waals surface area contributed by atoms with Crippen LogP contribution in [0.4, 0.5) is 5.69 Å². The number of amides is 1.